The molecule has 1 aliphatic heterocycles. The number of alkyl carbamates (subject to hydrolysis) is 1. The molecule has 0 bridgehead atoms. The molecule has 2 aliphatic rings. The molecule has 1 aromatic heterocycles. The first-order valence-corrected chi connectivity index (χ1v) is 9.46. The van der Waals surface area contributed by atoms with Gasteiger partial charge in [-0.1, -0.05) is 0 Å². The minimum atomic E-state index is -0.735. The number of amides is 2. The molecule has 2 amide bonds. The molecule has 1 aromatic rings. The predicted octanol–water partition coefficient (Wildman–Crippen LogP) is 2.74. The van der Waals surface area contributed by atoms with Gasteiger partial charge in [0.1, 0.15) is 0 Å². The van der Waals surface area contributed by atoms with Gasteiger partial charge in [0.15, 0.2) is 0 Å². The molecule has 0 aromatic carbocycles. The van der Waals surface area contributed by atoms with Crippen LogP contribution in [-0.2, 0) is 9.47 Å². The van der Waals surface area contributed by atoms with Crippen molar-refractivity contribution in [3.63, 3.8) is 0 Å². The summed E-state index contributed by atoms with van der Waals surface area (Å²) < 4.78 is 10.2. The number of rotatable bonds is 4. The fourth-order valence-corrected chi connectivity index (χ4v) is 3.48. The summed E-state index contributed by atoms with van der Waals surface area (Å²) in [5.74, 6) is -0.388. The Labute approximate surface area is 158 Å². The van der Waals surface area contributed by atoms with E-state index in [1.165, 1.54) is 24.5 Å². The second-order valence-electron chi connectivity index (χ2n) is 7.05. The first kappa shape index (κ1) is 19.1. The van der Waals surface area contributed by atoms with Crippen LogP contribution in [0.4, 0.5) is 9.59 Å². The zero-order valence-electron chi connectivity index (χ0n) is 15.3. The highest BCUT2D eigenvalue weighted by molar-refractivity contribution is 5.96. The van der Waals surface area contributed by atoms with Crippen molar-refractivity contribution in [2.75, 3.05) is 19.7 Å². The maximum Gasteiger partial charge on any atom is 0.415 e. The first-order chi connectivity index (χ1) is 13.1. The molecule has 1 N–H and O–H groups in total. The Balaban J connectivity index is 1.33. The Hall–Kier alpha value is -2.64. The van der Waals surface area contributed by atoms with Crippen LogP contribution in [0, 0.1) is 5.92 Å². The van der Waals surface area contributed by atoms with Crippen LogP contribution in [-0.4, -0.2) is 53.8 Å². The number of carbonyl (C=O) groups excluding carboxylic acids is 3. The molecule has 0 spiro atoms. The van der Waals surface area contributed by atoms with Gasteiger partial charge in [-0.05, 0) is 56.6 Å². The molecular weight excluding hydrogens is 350 g/mol. The summed E-state index contributed by atoms with van der Waals surface area (Å²) in [5, 5.41) is 2.74. The van der Waals surface area contributed by atoms with Gasteiger partial charge in [0, 0.05) is 31.5 Å². The molecule has 1 saturated carbocycles. The maximum atomic E-state index is 11.9. The largest absolute Gasteiger partial charge is 0.449 e. The van der Waals surface area contributed by atoms with Crippen molar-refractivity contribution in [1.82, 2.24) is 15.2 Å². The van der Waals surface area contributed by atoms with Gasteiger partial charge in [-0.3, -0.25) is 4.98 Å². The minimum Gasteiger partial charge on any atom is -0.449 e. The lowest BCUT2D eigenvalue weighted by molar-refractivity contribution is 0.0609. The summed E-state index contributed by atoms with van der Waals surface area (Å²) in [7, 11) is 0. The zero-order chi connectivity index (χ0) is 19.1. The van der Waals surface area contributed by atoms with Gasteiger partial charge in [-0.15, -0.1) is 0 Å². The van der Waals surface area contributed by atoms with Crippen LogP contribution in [0.1, 0.15) is 48.9 Å². The van der Waals surface area contributed by atoms with Crippen molar-refractivity contribution in [3.05, 3.63) is 30.1 Å². The van der Waals surface area contributed by atoms with E-state index in [9.17, 15) is 14.4 Å². The SMILES string of the molecule is O=C(NC1CCC(COC(=O)N2CCCC2)CC1)OC(=O)c1ccncc1. The van der Waals surface area contributed by atoms with Gasteiger partial charge in [-0.2, -0.15) is 0 Å². The van der Waals surface area contributed by atoms with Crippen LogP contribution in [0.25, 0.3) is 0 Å². The summed E-state index contributed by atoms with van der Waals surface area (Å²) in [5.41, 5.74) is 0.281. The van der Waals surface area contributed by atoms with Crippen LogP contribution in [0.3, 0.4) is 0 Å². The number of likely N-dealkylation sites (tertiary alicyclic amines) is 1. The molecule has 146 valence electrons. The zero-order valence-corrected chi connectivity index (χ0v) is 15.3. The van der Waals surface area contributed by atoms with Crippen molar-refractivity contribution in [1.29, 1.82) is 0 Å². The molecule has 2 heterocycles. The van der Waals surface area contributed by atoms with Gasteiger partial charge in [0.2, 0.25) is 0 Å². The topological polar surface area (TPSA) is 97.8 Å². The molecule has 8 nitrogen and oxygen atoms in total. The van der Waals surface area contributed by atoms with Crippen LogP contribution >= 0.6 is 0 Å². The molecule has 1 aliphatic carbocycles. The van der Waals surface area contributed by atoms with Crippen LogP contribution in [0.5, 0.6) is 0 Å². The van der Waals surface area contributed by atoms with Crippen LogP contribution in [0.15, 0.2) is 24.5 Å². The molecule has 1 saturated heterocycles. The van der Waals surface area contributed by atoms with E-state index in [2.05, 4.69) is 10.3 Å². The molecule has 27 heavy (non-hydrogen) atoms. The third kappa shape index (κ3) is 5.67. The fourth-order valence-electron chi connectivity index (χ4n) is 3.48. The molecule has 0 atom stereocenters. The average molecular weight is 375 g/mol. The summed E-state index contributed by atoms with van der Waals surface area (Å²) in [4.78, 5) is 41.2. The average Bonchev–Trinajstić information content (AvgIpc) is 3.23. The van der Waals surface area contributed by atoms with E-state index in [1.807, 2.05) is 0 Å². The van der Waals surface area contributed by atoms with Gasteiger partial charge >= 0.3 is 18.2 Å². The summed E-state index contributed by atoms with van der Waals surface area (Å²) in [6.45, 7) is 2.00. The van der Waals surface area contributed by atoms with Gasteiger partial charge < -0.3 is 19.7 Å². The lowest BCUT2D eigenvalue weighted by Gasteiger charge is -2.28. The van der Waals surface area contributed by atoms with Gasteiger partial charge in [0.05, 0.1) is 12.2 Å². The van der Waals surface area contributed by atoms with Crippen molar-refractivity contribution < 1.29 is 23.9 Å². The van der Waals surface area contributed by atoms with E-state index >= 15 is 0 Å². The number of nitrogens with zero attached hydrogens (tertiary/aromatic N) is 2. The Kier molecular flexibility index (Phi) is 6.62. The highest BCUT2D eigenvalue weighted by Gasteiger charge is 2.26. The summed E-state index contributed by atoms with van der Waals surface area (Å²) in [6.07, 6.45) is 7.32. The van der Waals surface area contributed by atoms with E-state index in [1.54, 1.807) is 4.90 Å². The number of esters is 1. The smallest absolute Gasteiger partial charge is 0.415 e. The molecule has 8 heteroatoms. The van der Waals surface area contributed by atoms with Crippen LogP contribution in [0.2, 0.25) is 0 Å². The normalized spacial score (nSPS) is 22.1. The lowest BCUT2D eigenvalue weighted by Crippen LogP contribution is -2.39. The molecular formula is C19H25N3O5. The summed E-state index contributed by atoms with van der Waals surface area (Å²) in [6, 6.07) is 2.95. The third-order valence-corrected chi connectivity index (χ3v) is 5.08. The second kappa shape index (κ2) is 9.34. The van der Waals surface area contributed by atoms with E-state index in [-0.39, 0.29) is 17.7 Å². The van der Waals surface area contributed by atoms with Gasteiger partial charge in [-0.25, -0.2) is 14.4 Å². The Morgan fingerprint density at radius 1 is 1.07 bits per heavy atom. The molecule has 0 unspecified atom stereocenters. The van der Waals surface area contributed by atoms with Crippen molar-refractivity contribution in [3.8, 4) is 0 Å². The van der Waals surface area contributed by atoms with Crippen molar-refractivity contribution in [2.45, 2.75) is 44.6 Å². The highest BCUT2D eigenvalue weighted by atomic mass is 16.6. The van der Waals surface area contributed by atoms with E-state index in [0.29, 0.717) is 12.5 Å². The Morgan fingerprint density at radius 2 is 1.74 bits per heavy atom. The summed E-state index contributed by atoms with van der Waals surface area (Å²) >= 11 is 0. The first-order valence-electron chi connectivity index (χ1n) is 9.46. The Morgan fingerprint density at radius 3 is 2.41 bits per heavy atom. The number of hydrogen-bond donors (Lipinski definition) is 1. The van der Waals surface area contributed by atoms with Crippen LogP contribution < -0.4 is 5.32 Å². The molecule has 2 fully saturated rings. The van der Waals surface area contributed by atoms with Crippen molar-refractivity contribution >= 4 is 18.2 Å². The minimum absolute atomic E-state index is 0.0340. The van der Waals surface area contributed by atoms with E-state index < -0.39 is 12.1 Å². The number of carbonyl (C=O) groups is 3. The molecule has 0 radical (unpaired) electrons. The number of aromatic nitrogens is 1. The number of nitrogens with one attached hydrogen (secondary N) is 1. The van der Waals surface area contributed by atoms with Crippen molar-refractivity contribution in [2.24, 2.45) is 5.92 Å². The van der Waals surface area contributed by atoms with Gasteiger partial charge in [0.25, 0.3) is 0 Å². The number of ether oxygens (including phenoxy) is 2. The fraction of sp³-hybridized carbons (Fsp3) is 0.579. The number of pyridine rings is 1. The number of hydrogen-bond acceptors (Lipinski definition) is 6. The van der Waals surface area contributed by atoms with E-state index in [0.717, 1.165) is 51.6 Å². The monoisotopic (exact) mass is 375 g/mol. The second-order valence-corrected chi connectivity index (χ2v) is 7.05. The predicted molar refractivity (Wildman–Crippen MR) is 96.1 cm³/mol. The lowest BCUT2D eigenvalue weighted by atomic mass is 9.86. The Bertz CT molecular complexity index is 653. The highest BCUT2D eigenvalue weighted by Crippen LogP contribution is 2.25. The van der Waals surface area contributed by atoms with E-state index in [4.69, 9.17) is 9.47 Å². The molecule has 3 rings (SSSR count). The standard InChI is InChI=1S/C19H25N3O5/c23-17(15-7-9-20-10-8-15)27-18(24)21-16-5-3-14(4-6-16)13-26-19(25)22-11-1-2-12-22/h7-10,14,16H,1-6,11-13H2,(H,21,24). The third-order valence-electron chi connectivity index (χ3n) is 5.08. The quantitative estimate of drug-likeness (QED) is 0.642. The maximum absolute atomic E-state index is 11.9.